The lowest BCUT2D eigenvalue weighted by Crippen LogP contribution is -2.35. The molecular formula is C22H22N2O5. The third kappa shape index (κ3) is 6.11. The maximum Gasteiger partial charge on any atom is 0.338 e. The fourth-order valence-corrected chi connectivity index (χ4v) is 2.52. The number of nitriles is 1. The van der Waals surface area contributed by atoms with Gasteiger partial charge in [-0.1, -0.05) is 30.9 Å². The zero-order valence-corrected chi connectivity index (χ0v) is 16.2. The Labute approximate surface area is 169 Å². The van der Waals surface area contributed by atoms with Crippen LogP contribution >= 0.6 is 0 Å². The highest BCUT2D eigenvalue weighted by Gasteiger charge is 2.19. The average molecular weight is 394 g/mol. The van der Waals surface area contributed by atoms with E-state index in [2.05, 4.69) is 6.58 Å². The number of rotatable bonds is 10. The number of esters is 1. The second-order valence-corrected chi connectivity index (χ2v) is 5.83. The highest BCUT2D eigenvalue weighted by atomic mass is 16.5. The third-order valence-electron chi connectivity index (χ3n) is 3.90. The molecule has 29 heavy (non-hydrogen) atoms. The Kier molecular flexibility index (Phi) is 8.27. The second-order valence-electron chi connectivity index (χ2n) is 5.83. The predicted octanol–water partition coefficient (Wildman–Crippen LogP) is 3.36. The van der Waals surface area contributed by atoms with Crippen LogP contribution in [0.15, 0.2) is 61.2 Å². The first kappa shape index (κ1) is 21.5. The largest absolute Gasteiger partial charge is 0.493 e. The number of methoxy groups -OCH3 is 1. The number of anilines is 1. The van der Waals surface area contributed by atoms with Crippen molar-refractivity contribution < 1.29 is 23.8 Å². The van der Waals surface area contributed by atoms with Gasteiger partial charge in [0.05, 0.1) is 25.2 Å². The smallest absolute Gasteiger partial charge is 0.338 e. The van der Waals surface area contributed by atoms with Crippen molar-refractivity contribution in [1.82, 2.24) is 0 Å². The van der Waals surface area contributed by atoms with Crippen molar-refractivity contribution in [2.24, 2.45) is 0 Å². The predicted molar refractivity (Wildman–Crippen MR) is 108 cm³/mol. The Hall–Kier alpha value is -3.79. The van der Waals surface area contributed by atoms with Gasteiger partial charge >= 0.3 is 5.97 Å². The van der Waals surface area contributed by atoms with Crippen LogP contribution in [0, 0.1) is 11.3 Å². The number of amides is 1. The maximum atomic E-state index is 12.6. The third-order valence-corrected chi connectivity index (χ3v) is 3.90. The first-order chi connectivity index (χ1) is 14.1. The standard InChI is InChI=1S/C22H22N2O5/c1-3-14-28-19-11-10-17(15-20(19)27-2)22(26)29-16-21(25)24(13-7-12-23)18-8-5-4-6-9-18/h3-6,8-11,15H,1,7,13-14,16H2,2H3. The number of benzene rings is 2. The lowest BCUT2D eigenvalue weighted by Gasteiger charge is -2.21. The normalized spacial score (nSPS) is 9.79. The highest BCUT2D eigenvalue weighted by molar-refractivity contribution is 5.97. The molecule has 0 radical (unpaired) electrons. The molecule has 7 nitrogen and oxygen atoms in total. The minimum Gasteiger partial charge on any atom is -0.493 e. The van der Waals surface area contributed by atoms with E-state index in [0.717, 1.165) is 0 Å². The first-order valence-corrected chi connectivity index (χ1v) is 8.92. The Morgan fingerprint density at radius 2 is 1.93 bits per heavy atom. The van der Waals surface area contributed by atoms with Gasteiger partial charge in [0.15, 0.2) is 18.1 Å². The molecule has 150 valence electrons. The molecule has 7 heteroatoms. The Morgan fingerprint density at radius 1 is 1.17 bits per heavy atom. The van der Waals surface area contributed by atoms with Crippen molar-refractivity contribution in [2.45, 2.75) is 6.42 Å². The van der Waals surface area contributed by atoms with Crippen molar-refractivity contribution >= 4 is 17.6 Å². The monoisotopic (exact) mass is 394 g/mol. The number of ether oxygens (including phenoxy) is 3. The van der Waals surface area contributed by atoms with E-state index in [4.69, 9.17) is 19.5 Å². The van der Waals surface area contributed by atoms with E-state index >= 15 is 0 Å². The number of hydrogen-bond acceptors (Lipinski definition) is 6. The summed E-state index contributed by atoms with van der Waals surface area (Å²) in [5.74, 6) is -0.253. The number of carbonyl (C=O) groups is 2. The van der Waals surface area contributed by atoms with Crippen LogP contribution < -0.4 is 14.4 Å². The van der Waals surface area contributed by atoms with E-state index < -0.39 is 18.5 Å². The van der Waals surface area contributed by atoms with Gasteiger partial charge in [-0.15, -0.1) is 0 Å². The molecule has 0 unspecified atom stereocenters. The van der Waals surface area contributed by atoms with Crippen LogP contribution in [0.2, 0.25) is 0 Å². The van der Waals surface area contributed by atoms with Crippen LogP contribution in [-0.2, 0) is 9.53 Å². The number of carbonyl (C=O) groups excluding carboxylic acids is 2. The molecule has 0 N–H and O–H groups in total. The SMILES string of the molecule is C=CCOc1ccc(C(=O)OCC(=O)N(CCC#N)c2ccccc2)cc1OC. The molecule has 0 saturated heterocycles. The van der Waals surface area contributed by atoms with Crippen molar-refractivity contribution in [1.29, 1.82) is 5.26 Å². The van der Waals surface area contributed by atoms with Gasteiger partial charge in [-0.25, -0.2) is 4.79 Å². The molecule has 0 saturated carbocycles. The summed E-state index contributed by atoms with van der Waals surface area (Å²) in [7, 11) is 1.46. The second kappa shape index (κ2) is 11.1. The van der Waals surface area contributed by atoms with Gasteiger partial charge in [-0.2, -0.15) is 5.26 Å². The molecule has 0 heterocycles. The van der Waals surface area contributed by atoms with Crippen molar-refractivity contribution in [3.05, 3.63) is 66.7 Å². The molecule has 1 amide bonds. The van der Waals surface area contributed by atoms with Crippen LogP contribution in [-0.4, -0.2) is 38.7 Å². The molecule has 0 fully saturated rings. The van der Waals surface area contributed by atoms with Gasteiger partial charge in [-0.3, -0.25) is 4.79 Å². The lowest BCUT2D eigenvalue weighted by atomic mass is 10.2. The molecule has 0 atom stereocenters. The minimum atomic E-state index is -0.666. The van der Waals surface area contributed by atoms with E-state index in [1.165, 1.54) is 24.1 Å². The number of para-hydroxylation sites is 1. The Morgan fingerprint density at radius 3 is 2.59 bits per heavy atom. The van der Waals surface area contributed by atoms with Gasteiger partial charge < -0.3 is 19.1 Å². The highest BCUT2D eigenvalue weighted by Crippen LogP contribution is 2.28. The molecule has 0 aliphatic rings. The topological polar surface area (TPSA) is 88.9 Å². The lowest BCUT2D eigenvalue weighted by molar-refractivity contribution is -0.121. The van der Waals surface area contributed by atoms with Crippen LogP contribution in [0.3, 0.4) is 0 Å². The van der Waals surface area contributed by atoms with Gasteiger partial charge in [0.2, 0.25) is 0 Å². The molecule has 0 bridgehead atoms. The molecule has 2 rings (SSSR count). The zero-order chi connectivity index (χ0) is 21.1. The molecule has 0 aromatic heterocycles. The van der Waals surface area contributed by atoms with E-state index in [9.17, 15) is 9.59 Å². The van der Waals surface area contributed by atoms with E-state index in [-0.39, 0.29) is 18.5 Å². The maximum absolute atomic E-state index is 12.6. The van der Waals surface area contributed by atoms with Crippen LogP contribution in [0.5, 0.6) is 11.5 Å². The van der Waals surface area contributed by atoms with Crippen LogP contribution in [0.4, 0.5) is 5.69 Å². The molecular weight excluding hydrogens is 372 g/mol. The van der Waals surface area contributed by atoms with E-state index in [1.807, 2.05) is 12.1 Å². The summed E-state index contributed by atoms with van der Waals surface area (Å²) in [5, 5.41) is 8.84. The van der Waals surface area contributed by atoms with Crippen molar-refractivity contribution in [3.8, 4) is 17.6 Å². The fourth-order valence-electron chi connectivity index (χ4n) is 2.52. The summed E-state index contributed by atoms with van der Waals surface area (Å²) in [6, 6.07) is 15.5. The van der Waals surface area contributed by atoms with Gasteiger partial charge in [0, 0.05) is 12.2 Å². The Balaban J connectivity index is 2.05. The molecule has 0 spiro atoms. The van der Waals surface area contributed by atoms with E-state index in [1.54, 1.807) is 36.4 Å². The van der Waals surface area contributed by atoms with E-state index in [0.29, 0.717) is 23.8 Å². The molecule has 0 aliphatic heterocycles. The molecule has 2 aromatic carbocycles. The quantitative estimate of drug-likeness (QED) is 0.453. The van der Waals surface area contributed by atoms with Gasteiger partial charge in [-0.05, 0) is 30.3 Å². The Bertz CT molecular complexity index is 890. The van der Waals surface area contributed by atoms with Crippen LogP contribution in [0.1, 0.15) is 16.8 Å². The van der Waals surface area contributed by atoms with Gasteiger partial charge in [0.1, 0.15) is 6.61 Å². The summed E-state index contributed by atoms with van der Waals surface area (Å²) in [6.45, 7) is 3.64. The summed E-state index contributed by atoms with van der Waals surface area (Å²) in [4.78, 5) is 26.3. The summed E-state index contributed by atoms with van der Waals surface area (Å²) in [5.41, 5.74) is 0.859. The number of hydrogen-bond donors (Lipinski definition) is 0. The first-order valence-electron chi connectivity index (χ1n) is 8.92. The average Bonchev–Trinajstić information content (AvgIpc) is 2.76. The van der Waals surface area contributed by atoms with Crippen molar-refractivity contribution in [3.63, 3.8) is 0 Å². The van der Waals surface area contributed by atoms with Gasteiger partial charge in [0.25, 0.3) is 5.91 Å². The zero-order valence-electron chi connectivity index (χ0n) is 16.2. The fraction of sp³-hybridized carbons (Fsp3) is 0.227. The minimum absolute atomic E-state index is 0.165. The van der Waals surface area contributed by atoms with Crippen molar-refractivity contribution in [2.75, 3.05) is 31.8 Å². The summed E-state index contributed by atoms with van der Waals surface area (Å²) in [6.07, 6.45) is 1.76. The summed E-state index contributed by atoms with van der Waals surface area (Å²) < 4.78 is 15.8. The molecule has 2 aromatic rings. The van der Waals surface area contributed by atoms with Crippen LogP contribution in [0.25, 0.3) is 0 Å². The molecule has 0 aliphatic carbocycles. The summed E-state index contributed by atoms with van der Waals surface area (Å²) >= 11 is 0. The number of nitrogens with zero attached hydrogens (tertiary/aromatic N) is 2.